The molecule has 1 aromatic carbocycles. The number of anilines is 1. The lowest BCUT2D eigenvalue weighted by Gasteiger charge is -2.08. The van der Waals surface area contributed by atoms with Crippen molar-refractivity contribution in [3.63, 3.8) is 0 Å². The average Bonchev–Trinajstić information content (AvgIpc) is 2.30. The zero-order valence-corrected chi connectivity index (χ0v) is 11.1. The molecule has 0 bridgehead atoms. The van der Waals surface area contributed by atoms with Gasteiger partial charge in [0.2, 0.25) is 5.91 Å². The van der Waals surface area contributed by atoms with E-state index in [1.165, 1.54) is 0 Å². The molecular weight excluding hydrogens is 309 g/mol. The van der Waals surface area contributed by atoms with Gasteiger partial charge in [-0.15, -0.1) is 0 Å². The van der Waals surface area contributed by atoms with E-state index in [1.54, 1.807) is 6.92 Å². The lowest BCUT2D eigenvalue weighted by Crippen LogP contribution is -2.29. The van der Waals surface area contributed by atoms with E-state index in [-0.39, 0.29) is 28.3 Å². The number of rotatable bonds is 5. The van der Waals surface area contributed by atoms with Crippen LogP contribution < -0.4 is 10.6 Å². The number of carbonyl (C=O) groups excluding carboxylic acids is 1. The number of hydrogen-bond donors (Lipinski definition) is 2. The summed E-state index contributed by atoms with van der Waals surface area (Å²) in [6.07, 6.45) is 0. The summed E-state index contributed by atoms with van der Waals surface area (Å²) >= 11 is 2.87. The van der Waals surface area contributed by atoms with Crippen LogP contribution in [0.2, 0.25) is 0 Å². The maximum atomic E-state index is 13.3. The summed E-state index contributed by atoms with van der Waals surface area (Å²) in [6.45, 7) is 2.05. The lowest BCUT2D eigenvalue weighted by molar-refractivity contribution is -0.384. The van der Waals surface area contributed by atoms with Gasteiger partial charge >= 0.3 is 0 Å². The molecule has 8 heteroatoms. The Balaban J connectivity index is 2.90. The van der Waals surface area contributed by atoms with Gasteiger partial charge in [-0.2, -0.15) is 0 Å². The summed E-state index contributed by atoms with van der Waals surface area (Å²) in [4.78, 5) is 21.3. The average molecular weight is 320 g/mol. The van der Waals surface area contributed by atoms with E-state index in [9.17, 15) is 19.3 Å². The SMILES string of the molecule is CCNC(=O)CNc1cc(F)c(Br)cc1[N+](=O)[O-]. The normalized spacial score (nSPS) is 9.94. The zero-order valence-electron chi connectivity index (χ0n) is 9.50. The molecule has 0 aliphatic carbocycles. The second-order valence-corrected chi connectivity index (χ2v) is 4.20. The minimum atomic E-state index is -0.649. The van der Waals surface area contributed by atoms with E-state index in [2.05, 4.69) is 26.6 Å². The number of likely N-dealkylation sites (N-methyl/N-ethyl adjacent to an activating group) is 1. The molecule has 1 rings (SSSR count). The highest BCUT2D eigenvalue weighted by atomic mass is 79.9. The molecule has 98 valence electrons. The van der Waals surface area contributed by atoms with Crippen LogP contribution >= 0.6 is 15.9 Å². The predicted octanol–water partition coefficient (Wildman–Crippen LogP) is 2.04. The highest BCUT2D eigenvalue weighted by molar-refractivity contribution is 9.10. The fourth-order valence-electron chi connectivity index (χ4n) is 1.26. The lowest BCUT2D eigenvalue weighted by atomic mass is 10.2. The summed E-state index contributed by atoms with van der Waals surface area (Å²) in [7, 11) is 0. The van der Waals surface area contributed by atoms with Crippen molar-refractivity contribution in [2.75, 3.05) is 18.4 Å². The van der Waals surface area contributed by atoms with Gasteiger partial charge in [0.1, 0.15) is 11.5 Å². The molecule has 0 saturated heterocycles. The molecule has 0 aliphatic rings. The maximum Gasteiger partial charge on any atom is 0.293 e. The number of nitro groups is 1. The monoisotopic (exact) mass is 319 g/mol. The number of nitrogens with zero attached hydrogens (tertiary/aromatic N) is 1. The Morgan fingerprint density at radius 2 is 2.22 bits per heavy atom. The molecule has 0 aromatic heterocycles. The Bertz CT molecular complexity index is 482. The molecule has 0 unspecified atom stereocenters. The molecule has 2 N–H and O–H groups in total. The van der Waals surface area contributed by atoms with E-state index in [1.807, 2.05) is 0 Å². The first-order chi connectivity index (χ1) is 8.45. The summed E-state index contributed by atoms with van der Waals surface area (Å²) in [5.41, 5.74) is -0.334. The first-order valence-electron chi connectivity index (χ1n) is 5.09. The number of nitro benzene ring substituents is 1. The third-order valence-corrected chi connectivity index (χ3v) is 2.66. The molecule has 0 saturated carbocycles. The van der Waals surface area contributed by atoms with Gasteiger partial charge in [0, 0.05) is 18.7 Å². The van der Waals surface area contributed by atoms with Gasteiger partial charge in [0.25, 0.3) is 5.69 Å². The quantitative estimate of drug-likeness (QED) is 0.642. The van der Waals surface area contributed by atoms with Crippen LogP contribution in [0.1, 0.15) is 6.92 Å². The Morgan fingerprint density at radius 3 is 2.78 bits per heavy atom. The van der Waals surface area contributed by atoms with Crippen molar-refractivity contribution in [3.8, 4) is 0 Å². The molecule has 0 fully saturated rings. The van der Waals surface area contributed by atoms with Crippen LogP contribution in [0.4, 0.5) is 15.8 Å². The highest BCUT2D eigenvalue weighted by Crippen LogP contribution is 2.30. The number of nitrogens with one attached hydrogen (secondary N) is 2. The van der Waals surface area contributed by atoms with Crippen molar-refractivity contribution >= 4 is 33.2 Å². The first kappa shape index (κ1) is 14.4. The van der Waals surface area contributed by atoms with Crippen molar-refractivity contribution in [1.82, 2.24) is 5.32 Å². The largest absolute Gasteiger partial charge is 0.370 e. The summed E-state index contributed by atoms with van der Waals surface area (Å²) < 4.78 is 13.3. The van der Waals surface area contributed by atoms with Gasteiger partial charge in [-0.1, -0.05) is 0 Å². The Morgan fingerprint density at radius 1 is 1.56 bits per heavy atom. The van der Waals surface area contributed by atoms with Crippen LogP contribution in [0.5, 0.6) is 0 Å². The van der Waals surface area contributed by atoms with Crippen molar-refractivity contribution in [3.05, 3.63) is 32.5 Å². The fourth-order valence-corrected chi connectivity index (χ4v) is 1.60. The molecular formula is C10H11BrFN3O3. The van der Waals surface area contributed by atoms with Crippen molar-refractivity contribution in [2.45, 2.75) is 6.92 Å². The van der Waals surface area contributed by atoms with Crippen LogP contribution in [-0.4, -0.2) is 23.9 Å². The Hall–Kier alpha value is -1.70. The smallest absolute Gasteiger partial charge is 0.293 e. The van der Waals surface area contributed by atoms with E-state index < -0.39 is 10.7 Å². The van der Waals surface area contributed by atoms with Gasteiger partial charge in [-0.05, 0) is 22.9 Å². The molecule has 0 atom stereocenters. The first-order valence-corrected chi connectivity index (χ1v) is 5.89. The molecule has 1 aromatic rings. The summed E-state index contributed by atoms with van der Waals surface area (Å²) in [6, 6.07) is 2.02. The zero-order chi connectivity index (χ0) is 13.7. The van der Waals surface area contributed by atoms with E-state index in [4.69, 9.17) is 0 Å². The van der Waals surface area contributed by atoms with Crippen LogP contribution in [0.15, 0.2) is 16.6 Å². The topological polar surface area (TPSA) is 84.3 Å². The van der Waals surface area contributed by atoms with Crippen molar-refractivity contribution in [1.29, 1.82) is 0 Å². The molecule has 1 amide bonds. The predicted molar refractivity (Wildman–Crippen MR) is 67.9 cm³/mol. The van der Waals surface area contributed by atoms with Gasteiger partial charge < -0.3 is 10.6 Å². The van der Waals surface area contributed by atoms with E-state index in [0.717, 1.165) is 12.1 Å². The van der Waals surface area contributed by atoms with Crippen LogP contribution in [-0.2, 0) is 4.79 Å². The minimum absolute atomic E-state index is 0.00207. The van der Waals surface area contributed by atoms with E-state index >= 15 is 0 Å². The van der Waals surface area contributed by atoms with Crippen LogP contribution in [0.25, 0.3) is 0 Å². The highest BCUT2D eigenvalue weighted by Gasteiger charge is 2.17. The molecule has 0 spiro atoms. The maximum absolute atomic E-state index is 13.3. The van der Waals surface area contributed by atoms with Crippen LogP contribution in [0.3, 0.4) is 0 Å². The van der Waals surface area contributed by atoms with Gasteiger partial charge in [-0.25, -0.2) is 4.39 Å². The van der Waals surface area contributed by atoms with E-state index in [0.29, 0.717) is 6.54 Å². The third-order valence-electron chi connectivity index (χ3n) is 2.05. The molecule has 18 heavy (non-hydrogen) atoms. The molecule has 0 aliphatic heterocycles. The molecule has 0 radical (unpaired) electrons. The fraction of sp³-hybridized carbons (Fsp3) is 0.300. The van der Waals surface area contributed by atoms with Gasteiger partial charge in [-0.3, -0.25) is 14.9 Å². The number of benzene rings is 1. The Kier molecular flexibility index (Phi) is 5.02. The second-order valence-electron chi connectivity index (χ2n) is 3.35. The Labute approximate surface area is 111 Å². The number of amides is 1. The number of halogens is 2. The van der Waals surface area contributed by atoms with Crippen molar-refractivity contribution in [2.24, 2.45) is 0 Å². The van der Waals surface area contributed by atoms with Gasteiger partial charge in [0.15, 0.2) is 0 Å². The summed E-state index contributed by atoms with van der Waals surface area (Å²) in [5.74, 6) is -0.964. The summed E-state index contributed by atoms with van der Waals surface area (Å²) in [5, 5.41) is 15.8. The van der Waals surface area contributed by atoms with Crippen molar-refractivity contribution < 1.29 is 14.1 Å². The minimum Gasteiger partial charge on any atom is -0.370 e. The number of carbonyl (C=O) groups is 1. The van der Waals surface area contributed by atoms with Crippen LogP contribution in [0, 0.1) is 15.9 Å². The molecule has 6 nitrogen and oxygen atoms in total. The number of hydrogen-bond acceptors (Lipinski definition) is 4. The standard InChI is InChI=1S/C10H11BrFN3O3/c1-2-13-10(16)5-14-8-4-7(12)6(11)3-9(8)15(17)18/h3-4,14H,2,5H2,1H3,(H,13,16). The third kappa shape index (κ3) is 3.66. The molecule has 0 heterocycles. The van der Waals surface area contributed by atoms with Gasteiger partial charge in [0.05, 0.1) is 15.9 Å². The second kappa shape index (κ2) is 6.29.